The summed E-state index contributed by atoms with van der Waals surface area (Å²) >= 11 is 0. The van der Waals surface area contributed by atoms with Crippen LogP contribution in [0.1, 0.15) is 25.3 Å². The first-order valence-corrected chi connectivity index (χ1v) is 6.61. The predicted molar refractivity (Wildman–Crippen MR) is 74.7 cm³/mol. The maximum atomic E-state index is 11.5. The number of anilines is 2. The molecular formula is C14H21N3O. The van der Waals surface area contributed by atoms with E-state index in [1.807, 2.05) is 19.1 Å². The Bertz CT molecular complexity index is 431. The molecule has 0 saturated heterocycles. The van der Waals surface area contributed by atoms with Crippen LogP contribution in [0, 0.1) is 0 Å². The monoisotopic (exact) mass is 247 g/mol. The lowest BCUT2D eigenvalue weighted by molar-refractivity contribution is -0.120. The molecule has 1 aromatic rings. The molecule has 0 aromatic heterocycles. The fourth-order valence-corrected chi connectivity index (χ4v) is 2.48. The van der Waals surface area contributed by atoms with E-state index >= 15 is 0 Å². The van der Waals surface area contributed by atoms with Crippen molar-refractivity contribution in [3.63, 3.8) is 0 Å². The van der Waals surface area contributed by atoms with E-state index in [9.17, 15) is 4.79 Å². The Balaban J connectivity index is 2.04. The molecule has 0 saturated carbocycles. The summed E-state index contributed by atoms with van der Waals surface area (Å²) in [7, 11) is 0. The minimum absolute atomic E-state index is 0.119. The summed E-state index contributed by atoms with van der Waals surface area (Å²) in [5, 5.41) is 2.83. The molecule has 98 valence electrons. The van der Waals surface area contributed by atoms with Gasteiger partial charge in [-0.05, 0) is 37.5 Å². The smallest absolute Gasteiger partial charge is 0.221 e. The van der Waals surface area contributed by atoms with Crippen LogP contribution in [0.4, 0.5) is 11.4 Å². The van der Waals surface area contributed by atoms with Crippen LogP contribution in [-0.4, -0.2) is 25.5 Å². The summed E-state index contributed by atoms with van der Waals surface area (Å²) in [6.07, 6.45) is 2.69. The van der Waals surface area contributed by atoms with E-state index < -0.39 is 0 Å². The summed E-state index contributed by atoms with van der Waals surface area (Å²) in [6.45, 7) is 4.41. The predicted octanol–water partition coefficient (Wildman–Crippen LogP) is 1.55. The summed E-state index contributed by atoms with van der Waals surface area (Å²) in [5.74, 6) is 0.119. The molecule has 1 amide bonds. The molecule has 0 radical (unpaired) electrons. The molecule has 3 N–H and O–H groups in total. The third-order valence-electron chi connectivity index (χ3n) is 3.37. The molecule has 0 aliphatic carbocycles. The quantitative estimate of drug-likeness (QED) is 0.794. The Kier molecular flexibility index (Phi) is 4.07. The van der Waals surface area contributed by atoms with Gasteiger partial charge >= 0.3 is 0 Å². The van der Waals surface area contributed by atoms with Crippen molar-refractivity contribution in [1.29, 1.82) is 0 Å². The van der Waals surface area contributed by atoms with E-state index in [0.717, 1.165) is 31.6 Å². The van der Waals surface area contributed by atoms with Crippen molar-refractivity contribution in [2.75, 3.05) is 30.3 Å². The number of nitrogen functional groups attached to an aromatic ring is 1. The van der Waals surface area contributed by atoms with Gasteiger partial charge in [0.05, 0.1) is 0 Å². The molecule has 0 unspecified atom stereocenters. The molecule has 0 fully saturated rings. The van der Waals surface area contributed by atoms with Gasteiger partial charge in [0.2, 0.25) is 5.91 Å². The third kappa shape index (κ3) is 2.75. The molecule has 4 heteroatoms. The van der Waals surface area contributed by atoms with E-state index in [4.69, 9.17) is 5.73 Å². The maximum Gasteiger partial charge on any atom is 0.221 e. The molecule has 18 heavy (non-hydrogen) atoms. The van der Waals surface area contributed by atoms with Gasteiger partial charge < -0.3 is 16.0 Å². The Labute approximate surface area is 108 Å². The van der Waals surface area contributed by atoms with Gasteiger partial charge in [0, 0.05) is 37.4 Å². The zero-order chi connectivity index (χ0) is 13.0. The molecule has 1 aliphatic rings. The Morgan fingerprint density at radius 1 is 1.50 bits per heavy atom. The van der Waals surface area contributed by atoms with E-state index in [1.165, 1.54) is 11.3 Å². The van der Waals surface area contributed by atoms with Gasteiger partial charge in [-0.1, -0.05) is 6.07 Å². The molecule has 0 atom stereocenters. The number of benzene rings is 1. The molecule has 1 aliphatic heterocycles. The number of amides is 1. The Morgan fingerprint density at radius 3 is 3.11 bits per heavy atom. The SMILES string of the molecule is CCNC(=O)CCN1CCCc2c(N)cccc21. The average molecular weight is 247 g/mol. The number of hydrogen-bond donors (Lipinski definition) is 2. The number of nitrogens with two attached hydrogens (primary N) is 1. The molecule has 1 aromatic carbocycles. The number of rotatable bonds is 4. The molecule has 1 heterocycles. The minimum Gasteiger partial charge on any atom is -0.398 e. The first-order valence-electron chi connectivity index (χ1n) is 6.61. The lowest BCUT2D eigenvalue weighted by Crippen LogP contribution is -2.34. The van der Waals surface area contributed by atoms with Crippen LogP contribution >= 0.6 is 0 Å². The summed E-state index contributed by atoms with van der Waals surface area (Å²) in [6, 6.07) is 6.04. The van der Waals surface area contributed by atoms with Gasteiger partial charge in [0.1, 0.15) is 0 Å². The van der Waals surface area contributed by atoms with E-state index in [2.05, 4.69) is 16.3 Å². The number of nitrogens with zero attached hydrogens (tertiary/aromatic N) is 1. The first kappa shape index (κ1) is 12.7. The van der Waals surface area contributed by atoms with Crippen LogP contribution in [0.2, 0.25) is 0 Å². The fourth-order valence-electron chi connectivity index (χ4n) is 2.48. The largest absolute Gasteiger partial charge is 0.398 e. The second kappa shape index (κ2) is 5.76. The standard InChI is InChI=1S/C14H21N3O/c1-2-16-14(18)8-10-17-9-4-5-11-12(15)6-3-7-13(11)17/h3,6-7H,2,4-5,8-10,15H2,1H3,(H,16,18). The molecule has 0 bridgehead atoms. The van der Waals surface area contributed by atoms with Crippen molar-refractivity contribution < 1.29 is 4.79 Å². The summed E-state index contributed by atoms with van der Waals surface area (Å²) in [4.78, 5) is 13.8. The van der Waals surface area contributed by atoms with E-state index in [1.54, 1.807) is 0 Å². The van der Waals surface area contributed by atoms with Gasteiger partial charge in [-0.3, -0.25) is 4.79 Å². The molecular weight excluding hydrogens is 226 g/mol. The van der Waals surface area contributed by atoms with Crippen LogP contribution in [0.5, 0.6) is 0 Å². The highest BCUT2D eigenvalue weighted by atomic mass is 16.1. The fraction of sp³-hybridized carbons (Fsp3) is 0.500. The van der Waals surface area contributed by atoms with Crippen LogP contribution in [0.25, 0.3) is 0 Å². The third-order valence-corrected chi connectivity index (χ3v) is 3.37. The van der Waals surface area contributed by atoms with E-state index in [0.29, 0.717) is 13.0 Å². The topological polar surface area (TPSA) is 58.4 Å². The molecule has 0 spiro atoms. The van der Waals surface area contributed by atoms with Crippen molar-refractivity contribution in [1.82, 2.24) is 5.32 Å². The van der Waals surface area contributed by atoms with Crippen LogP contribution in [0.15, 0.2) is 18.2 Å². The van der Waals surface area contributed by atoms with Gasteiger partial charge in [-0.2, -0.15) is 0 Å². The van der Waals surface area contributed by atoms with Crippen LogP contribution < -0.4 is 16.0 Å². The molecule has 2 rings (SSSR count). The van der Waals surface area contributed by atoms with Gasteiger partial charge in [0.15, 0.2) is 0 Å². The second-order valence-corrected chi connectivity index (χ2v) is 4.64. The van der Waals surface area contributed by atoms with Crippen molar-refractivity contribution in [3.8, 4) is 0 Å². The Hall–Kier alpha value is -1.71. The minimum atomic E-state index is 0.119. The maximum absolute atomic E-state index is 11.5. The number of nitrogens with one attached hydrogen (secondary N) is 1. The zero-order valence-corrected chi connectivity index (χ0v) is 10.9. The normalized spacial score (nSPS) is 14.2. The second-order valence-electron chi connectivity index (χ2n) is 4.64. The lowest BCUT2D eigenvalue weighted by Gasteiger charge is -2.31. The molecule has 4 nitrogen and oxygen atoms in total. The number of hydrogen-bond acceptors (Lipinski definition) is 3. The highest BCUT2D eigenvalue weighted by Crippen LogP contribution is 2.31. The van der Waals surface area contributed by atoms with E-state index in [-0.39, 0.29) is 5.91 Å². The van der Waals surface area contributed by atoms with Crippen molar-refractivity contribution in [3.05, 3.63) is 23.8 Å². The summed E-state index contributed by atoms with van der Waals surface area (Å²) in [5.41, 5.74) is 9.31. The van der Waals surface area contributed by atoms with Gasteiger partial charge in [-0.15, -0.1) is 0 Å². The summed E-state index contributed by atoms with van der Waals surface area (Å²) < 4.78 is 0. The van der Waals surface area contributed by atoms with Gasteiger partial charge in [0.25, 0.3) is 0 Å². The zero-order valence-electron chi connectivity index (χ0n) is 10.9. The number of carbonyl (C=O) groups is 1. The van der Waals surface area contributed by atoms with Gasteiger partial charge in [-0.25, -0.2) is 0 Å². The highest BCUT2D eigenvalue weighted by Gasteiger charge is 2.18. The van der Waals surface area contributed by atoms with Crippen molar-refractivity contribution in [2.45, 2.75) is 26.2 Å². The number of carbonyl (C=O) groups excluding carboxylic acids is 1. The highest BCUT2D eigenvalue weighted by molar-refractivity contribution is 5.76. The Morgan fingerprint density at radius 2 is 2.33 bits per heavy atom. The average Bonchev–Trinajstić information content (AvgIpc) is 2.37. The first-order chi connectivity index (χ1) is 8.72. The number of fused-ring (bicyclic) bond motifs is 1. The van der Waals surface area contributed by atoms with Crippen molar-refractivity contribution >= 4 is 17.3 Å². The van der Waals surface area contributed by atoms with Crippen LogP contribution in [0.3, 0.4) is 0 Å². The van der Waals surface area contributed by atoms with Crippen molar-refractivity contribution in [2.24, 2.45) is 0 Å². The van der Waals surface area contributed by atoms with Crippen LogP contribution in [-0.2, 0) is 11.2 Å². The lowest BCUT2D eigenvalue weighted by atomic mass is 10.00.